The van der Waals surface area contributed by atoms with E-state index in [0.717, 1.165) is 0 Å². The van der Waals surface area contributed by atoms with Crippen molar-refractivity contribution >= 4 is 126 Å². The summed E-state index contributed by atoms with van der Waals surface area (Å²) in [6.07, 6.45) is 0. The molecule has 1 aromatic rings. The average molecular weight is 578 g/mol. The van der Waals surface area contributed by atoms with Crippen molar-refractivity contribution in [3.63, 3.8) is 0 Å². The van der Waals surface area contributed by atoms with Crippen LogP contribution >= 0.6 is 112 Å². The van der Waals surface area contributed by atoms with Crippen molar-refractivity contribution in [3.8, 4) is 0 Å². The van der Waals surface area contributed by atoms with Gasteiger partial charge in [-0.25, -0.2) is 0 Å². The Morgan fingerprint density at radius 1 is 0.654 bits per heavy atom. The van der Waals surface area contributed by atoms with Gasteiger partial charge in [-0.3, -0.25) is 0 Å². The predicted octanol–water partition coefficient (Wildman–Crippen LogP) is 6.48. The standard InChI is InChI=1S/C12H8Cl9O3PSi/c13-10(14,15)7-22-26(6-4-2-1-3-5-6)23-8(11(16,17)18)25(7)9(24-26)12(19,20)21/h1-5,7-9H. The summed E-state index contributed by atoms with van der Waals surface area (Å²) in [6, 6.07) is 8.78. The number of fused-ring (bicyclic) bond motifs is 3. The minimum absolute atomic E-state index is 0.562. The molecule has 0 amide bonds. The van der Waals surface area contributed by atoms with E-state index in [1.54, 1.807) is 30.3 Å². The topological polar surface area (TPSA) is 27.7 Å². The fourth-order valence-electron chi connectivity index (χ4n) is 2.63. The molecule has 4 rings (SSSR count). The molecule has 0 radical (unpaired) electrons. The quantitative estimate of drug-likeness (QED) is 0.217. The summed E-state index contributed by atoms with van der Waals surface area (Å²) < 4.78 is 12.5. The molecule has 1 aromatic carbocycles. The summed E-state index contributed by atoms with van der Waals surface area (Å²) in [5.74, 6) is -3.09. The second kappa shape index (κ2) is 7.80. The SMILES string of the molecule is ClC(Cl)(Cl)C1O[Si]2(c3ccccc3)OC(C(Cl)(Cl)Cl)P1C(C(Cl)(Cl)Cl)O2. The molecule has 3 aliphatic heterocycles. The Bertz CT molecular complexity index is 603. The lowest BCUT2D eigenvalue weighted by Crippen LogP contribution is -2.72. The zero-order valence-corrected chi connectivity index (χ0v) is 20.9. The Labute approximate surface area is 197 Å². The van der Waals surface area contributed by atoms with E-state index < -0.39 is 45.6 Å². The fourth-order valence-corrected chi connectivity index (χ4v) is 13.8. The first-order valence-corrected chi connectivity index (χ1v) is 13.5. The van der Waals surface area contributed by atoms with E-state index in [9.17, 15) is 0 Å². The molecule has 0 spiro atoms. The van der Waals surface area contributed by atoms with Crippen molar-refractivity contribution in [2.24, 2.45) is 0 Å². The highest BCUT2D eigenvalue weighted by molar-refractivity contribution is 7.61. The molecule has 3 aliphatic rings. The monoisotopic (exact) mass is 574 g/mol. The van der Waals surface area contributed by atoms with E-state index in [2.05, 4.69) is 0 Å². The zero-order valence-electron chi connectivity index (χ0n) is 12.2. The molecule has 0 N–H and O–H groups in total. The molecule has 0 aromatic heterocycles. The van der Waals surface area contributed by atoms with Crippen LogP contribution in [0.1, 0.15) is 0 Å². The van der Waals surface area contributed by atoms with Crippen LogP contribution in [0.25, 0.3) is 0 Å². The maximum Gasteiger partial charge on any atom is 0.539 e. The van der Waals surface area contributed by atoms with Gasteiger partial charge in [-0.1, -0.05) is 135 Å². The summed E-state index contributed by atoms with van der Waals surface area (Å²) in [7, 11) is -5.53. The van der Waals surface area contributed by atoms with E-state index in [1.165, 1.54) is 0 Å². The number of alkyl halides is 9. The number of hydrogen-bond acceptors (Lipinski definition) is 3. The molecule has 3 unspecified atom stereocenters. The van der Waals surface area contributed by atoms with Gasteiger partial charge in [0.25, 0.3) is 0 Å². The molecular formula is C12H8Cl9O3PSi. The van der Waals surface area contributed by atoms with E-state index in [4.69, 9.17) is 118 Å². The van der Waals surface area contributed by atoms with E-state index in [-0.39, 0.29) is 0 Å². The second-order valence-corrected chi connectivity index (χ2v) is 17.2. The van der Waals surface area contributed by atoms with Crippen molar-refractivity contribution in [1.82, 2.24) is 0 Å². The van der Waals surface area contributed by atoms with Crippen LogP contribution in [0.15, 0.2) is 30.3 Å². The van der Waals surface area contributed by atoms with Crippen molar-refractivity contribution < 1.29 is 13.3 Å². The van der Waals surface area contributed by atoms with Gasteiger partial charge in [0, 0.05) is 5.19 Å². The molecule has 146 valence electrons. The van der Waals surface area contributed by atoms with Gasteiger partial charge in [0.15, 0.2) is 0 Å². The van der Waals surface area contributed by atoms with Gasteiger partial charge in [0.1, 0.15) is 17.5 Å². The minimum atomic E-state index is -3.73. The number of benzene rings is 1. The molecule has 14 heteroatoms. The third kappa shape index (κ3) is 4.50. The highest BCUT2D eigenvalue weighted by Crippen LogP contribution is 2.72. The third-order valence-electron chi connectivity index (χ3n) is 3.58. The second-order valence-electron chi connectivity index (χ2n) is 5.40. The van der Waals surface area contributed by atoms with Crippen LogP contribution < -0.4 is 5.19 Å². The maximum absolute atomic E-state index is 6.16. The Morgan fingerprint density at radius 3 is 1.31 bits per heavy atom. The number of halogens is 9. The van der Waals surface area contributed by atoms with Crippen molar-refractivity contribution in [3.05, 3.63) is 30.3 Å². The van der Waals surface area contributed by atoms with Crippen LogP contribution in [0.3, 0.4) is 0 Å². The maximum atomic E-state index is 6.16. The number of rotatable bonds is 1. The van der Waals surface area contributed by atoms with Crippen LogP contribution in [0.4, 0.5) is 0 Å². The fraction of sp³-hybridized carbons (Fsp3) is 0.500. The first-order chi connectivity index (χ1) is 11.8. The molecule has 3 heterocycles. The van der Waals surface area contributed by atoms with E-state index >= 15 is 0 Å². The third-order valence-corrected chi connectivity index (χ3v) is 13.1. The smallest absolute Gasteiger partial charge is 0.358 e. The van der Waals surface area contributed by atoms with E-state index in [0.29, 0.717) is 5.19 Å². The molecular weight excluding hydrogens is 570 g/mol. The largest absolute Gasteiger partial charge is 0.539 e. The average Bonchev–Trinajstić information content (AvgIpc) is 2.53. The molecule has 3 nitrogen and oxygen atoms in total. The zero-order chi connectivity index (χ0) is 19.5. The highest BCUT2D eigenvalue weighted by Gasteiger charge is 2.72. The normalized spacial score (nSPS) is 35.6. The first-order valence-electron chi connectivity index (χ1n) is 6.82. The van der Waals surface area contributed by atoms with Crippen LogP contribution in [-0.2, 0) is 13.3 Å². The van der Waals surface area contributed by atoms with Crippen LogP contribution in [0.5, 0.6) is 0 Å². The van der Waals surface area contributed by atoms with Gasteiger partial charge in [0.05, 0.1) is 0 Å². The Kier molecular flexibility index (Phi) is 6.91. The Morgan fingerprint density at radius 2 is 1.00 bits per heavy atom. The van der Waals surface area contributed by atoms with Gasteiger partial charge in [0.2, 0.25) is 11.4 Å². The molecule has 26 heavy (non-hydrogen) atoms. The molecule has 3 fully saturated rings. The molecule has 3 saturated heterocycles. The lowest BCUT2D eigenvalue weighted by atomic mass is 10.4. The summed E-state index contributed by atoms with van der Waals surface area (Å²) in [5.41, 5.74) is 0. The van der Waals surface area contributed by atoms with Crippen molar-refractivity contribution in [2.45, 2.75) is 28.9 Å². The van der Waals surface area contributed by atoms with Crippen LogP contribution in [-0.4, -0.2) is 37.7 Å². The summed E-state index contributed by atoms with van der Waals surface area (Å²) in [5, 5.41) is 0.562. The number of hydrogen-bond donors (Lipinski definition) is 0. The van der Waals surface area contributed by atoms with Crippen LogP contribution in [0.2, 0.25) is 0 Å². The molecule has 0 aliphatic carbocycles. The Hall–Kier alpha value is 2.36. The first kappa shape index (κ1) is 23.0. The molecule has 3 atom stereocenters. The molecule has 0 saturated carbocycles. The summed E-state index contributed by atoms with van der Waals surface area (Å²) in [6.45, 7) is 0. The van der Waals surface area contributed by atoms with Gasteiger partial charge < -0.3 is 13.3 Å². The summed E-state index contributed by atoms with van der Waals surface area (Å²) in [4.78, 5) is 0. The predicted molar refractivity (Wildman–Crippen MR) is 114 cm³/mol. The minimum Gasteiger partial charge on any atom is -0.358 e. The van der Waals surface area contributed by atoms with Gasteiger partial charge in [-0.15, -0.1) is 0 Å². The van der Waals surface area contributed by atoms with Crippen LogP contribution in [0, 0.1) is 0 Å². The van der Waals surface area contributed by atoms with Gasteiger partial charge in [-0.2, -0.15) is 0 Å². The van der Waals surface area contributed by atoms with E-state index in [1.807, 2.05) is 0 Å². The van der Waals surface area contributed by atoms with Gasteiger partial charge in [-0.05, 0) is 7.92 Å². The van der Waals surface area contributed by atoms with Crippen molar-refractivity contribution in [1.29, 1.82) is 0 Å². The van der Waals surface area contributed by atoms with Gasteiger partial charge >= 0.3 is 8.80 Å². The highest BCUT2D eigenvalue weighted by atomic mass is 35.6. The summed E-state index contributed by atoms with van der Waals surface area (Å²) >= 11 is 55.4. The molecule has 2 bridgehead atoms. The lowest BCUT2D eigenvalue weighted by Gasteiger charge is -2.58. The lowest BCUT2D eigenvalue weighted by molar-refractivity contribution is -0.00143. The van der Waals surface area contributed by atoms with Crippen molar-refractivity contribution in [2.75, 3.05) is 0 Å². The Balaban J connectivity index is 2.19.